The van der Waals surface area contributed by atoms with Crippen LogP contribution in [0.25, 0.3) is 65.7 Å². The second-order valence-corrected chi connectivity index (χ2v) is 14.4. The van der Waals surface area contributed by atoms with E-state index in [0.29, 0.717) is 0 Å². The van der Waals surface area contributed by atoms with E-state index in [1.54, 1.807) is 0 Å². The first-order chi connectivity index (χ1) is 26.3. The predicted molar refractivity (Wildman–Crippen MR) is 220 cm³/mol. The zero-order valence-electron chi connectivity index (χ0n) is 28.8. The van der Waals surface area contributed by atoms with Crippen LogP contribution in [0.3, 0.4) is 0 Å². The van der Waals surface area contributed by atoms with Gasteiger partial charge >= 0.3 is 0 Å². The molecule has 0 saturated heterocycles. The maximum atomic E-state index is 6.61. The van der Waals surface area contributed by atoms with Crippen molar-refractivity contribution in [3.63, 3.8) is 0 Å². The standard InChI is InChI=1S/C51H31NO/c1-2-15-36(16-3-1)52(48-23-12-20-41-40-19-8-11-24-49(40)53-50(41)48)37-26-25-34-29-43-42-28-32-13-4-5-14-33(32)30-46(42)51(47(43)31-35(34)27-37)44-21-9-6-17-38(44)39-18-7-10-22-45(39)51/h1-31H. The third kappa shape index (κ3) is 3.82. The molecule has 2 heteroatoms. The number of nitrogens with zero attached hydrogens (tertiary/aromatic N) is 1. The average Bonchev–Trinajstić information content (AvgIpc) is 3.84. The summed E-state index contributed by atoms with van der Waals surface area (Å²) < 4.78 is 6.61. The lowest BCUT2D eigenvalue weighted by Crippen LogP contribution is -2.25. The highest BCUT2D eigenvalue weighted by atomic mass is 16.3. The number of fused-ring (bicyclic) bond motifs is 15. The molecule has 9 aromatic carbocycles. The van der Waals surface area contributed by atoms with E-state index in [0.717, 1.165) is 39.0 Å². The lowest BCUT2D eigenvalue weighted by molar-refractivity contribution is 0.669. The summed E-state index contributed by atoms with van der Waals surface area (Å²) in [6.07, 6.45) is 0. The molecule has 0 aliphatic heterocycles. The molecule has 246 valence electrons. The van der Waals surface area contributed by atoms with E-state index in [2.05, 4.69) is 187 Å². The lowest BCUT2D eigenvalue weighted by Gasteiger charge is -2.31. The Kier molecular flexibility index (Phi) is 5.73. The Morgan fingerprint density at radius 1 is 0.358 bits per heavy atom. The predicted octanol–water partition coefficient (Wildman–Crippen LogP) is 13.7. The van der Waals surface area contributed by atoms with Crippen LogP contribution in [0.5, 0.6) is 0 Å². The van der Waals surface area contributed by atoms with Gasteiger partial charge in [-0.3, -0.25) is 0 Å². The molecule has 0 fully saturated rings. The monoisotopic (exact) mass is 673 g/mol. The molecule has 0 atom stereocenters. The Balaban J connectivity index is 1.14. The lowest BCUT2D eigenvalue weighted by atomic mass is 9.70. The first-order valence-corrected chi connectivity index (χ1v) is 18.3. The Bertz CT molecular complexity index is 3090. The molecule has 0 bridgehead atoms. The van der Waals surface area contributed by atoms with E-state index in [1.165, 1.54) is 66.1 Å². The summed E-state index contributed by atoms with van der Waals surface area (Å²) >= 11 is 0. The molecule has 2 aliphatic rings. The maximum absolute atomic E-state index is 6.61. The number of furan rings is 1. The van der Waals surface area contributed by atoms with Crippen LogP contribution in [-0.4, -0.2) is 0 Å². The van der Waals surface area contributed by atoms with Crippen molar-refractivity contribution in [3.05, 3.63) is 210 Å². The quantitative estimate of drug-likeness (QED) is 0.186. The van der Waals surface area contributed by atoms with Gasteiger partial charge in [-0.25, -0.2) is 0 Å². The van der Waals surface area contributed by atoms with Crippen molar-refractivity contribution in [1.82, 2.24) is 0 Å². The highest BCUT2D eigenvalue weighted by Crippen LogP contribution is 2.63. The van der Waals surface area contributed by atoms with Crippen LogP contribution < -0.4 is 4.90 Å². The first kappa shape index (κ1) is 28.8. The highest BCUT2D eigenvalue weighted by Gasteiger charge is 2.51. The Morgan fingerprint density at radius 2 is 0.943 bits per heavy atom. The van der Waals surface area contributed by atoms with Crippen LogP contribution in [0.1, 0.15) is 22.3 Å². The summed E-state index contributed by atoms with van der Waals surface area (Å²) in [7, 11) is 0. The molecule has 1 heterocycles. The molecule has 53 heavy (non-hydrogen) atoms. The maximum Gasteiger partial charge on any atom is 0.159 e. The van der Waals surface area contributed by atoms with Gasteiger partial charge in [0.1, 0.15) is 5.58 Å². The second-order valence-electron chi connectivity index (χ2n) is 14.4. The minimum absolute atomic E-state index is 0.426. The molecule has 1 aromatic heterocycles. The number of hydrogen-bond donors (Lipinski definition) is 0. The van der Waals surface area contributed by atoms with Crippen LogP contribution in [0.2, 0.25) is 0 Å². The normalized spacial score (nSPS) is 13.4. The van der Waals surface area contributed by atoms with Gasteiger partial charge in [-0.1, -0.05) is 127 Å². The molecule has 0 N–H and O–H groups in total. The number of para-hydroxylation sites is 3. The molecule has 1 spiro atoms. The summed E-state index contributed by atoms with van der Waals surface area (Å²) in [6, 6.07) is 69.1. The molecular formula is C51H31NO. The van der Waals surface area contributed by atoms with Gasteiger partial charge in [0.15, 0.2) is 5.58 Å². The smallest absolute Gasteiger partial charge is 0.159 e. The minimum atomic E-state index is -0.426. The molecule has 0 unspecified atom stereocenters. The van der Waals surface area contributed by atoms with Gasteiger partial charge in [-0.15, -0.1) is 0 Å². The van der Waals surface area contributed by atoms with Gasteiger partial charge in [0.05, 0.1) is 11.1 Å². The topological polar surface area (TPSA) is 16.4 Å². The van der Waals surface area contributed by atoms with Crippen molar-refractivity contribution in [2.75, 3.05) is 4.90 Å². The van der Waals surface area contributed by atoms with Crippen LogP contribution >= 0.6 is 0 Å². The summed E-state index contributed by atoms with van der Waals surface area (Å²) in [6.45, 7) is 0. The fourth-order valence-electron chi connectivity index (χ4n) is 9.60. The van der Waals surface area contributed by atoms with Gasteiger partial charge in [0.25, 0.3) is 0 Å². The molecule has 10 aromatic rings. The number of anilines is 3. The highest BCUT2D eigenvalue weighted by molar-refractivity contribution is 6.11. The van der Waals surface area contributed by atoms with E-state index in [-0.39, 0.29) is 0 Å². The number of rotatable bonds is 3. The fourth-order valence-corrected chi connectivity index (χ4v) is 9.60. The summed E-state index contributed by atoms with van der Waals surface area (Å²) in [5, 5.41) is 7.20. The van der Waals surface area contributed by atoms with Crippen LogP contribution in [-0.2, 0) is 5.41 Å². The van der Waals surface area contributed by atoms with Crippen molar-refractivity contribution in [2.24, 2.45) is 0 Å². The summed E-state index contributed by atoms with van der Waals surface area (Å²) in [4.78, 5) is 2.34. The Morgan fingerprint density at radius 3 is 1.70 bits per heavy atom. The average molecular weight is 674 g/mol. The SMILES string of the molecule is c1ccc(N(c2ccc3cc4c(cc3c2)C2(c3ccccc3-c3ccccc32)c2cc3ccccc3cc2-4)c2cccc3c2oc2ccccc23)cc1. The molecule has 2 aliphatic carbocycles. The summed E-state index contributed by atoms with van der Waals surface area (Å²) in [5.41, 5.74) is 15.2. The molecule has 0 amide bonds. The first-order valence-electron chi connectivity index (χ1n) is 18.3. The van der Waals surface area contributed by atoms with E-state index in [9.17, 15) is 0 Å². The van der Waals surface area contributed by atoms with Gasteiger partial charge in [-0.05, 0) is 127 Å². The third-order valence-electron chi connectivity index (χ3n) is 11.8. The van der Waals surface area contributed by atoms with E-state index < -0.39 is 5.41 Å². The van der Waals surface area contributed by atoms with Gasteiger partial charge < -0.3 is 9.32 Å². The molecule has 0 saturated carbocycles. The van der Waals surface area contributed by atoms with Crippen molar-refractivity contribution in [2.45, 2.75) is 5.41 Å². The summed E-state index contributed by atoms with van der Waals surface area (Å²) in [5.74, 6) is 0. The van der Waals surface area contributed by atoms with Crippen molar-refractivity contribution < 1.29 is 4.42 Å². The van der Waals surface area contributed by atoms with Gasteiger partial charge in [0, 0.05) is 22.1 Å². The second kappa shape index (κ2) is 10.6. The zero-order valence-corrected chi connectivity index (χ0v) is 28.8. The van der Waals surface area contributed by atoms with Crippen molar-refractivity contribution in [1.29, 1.82) is 0 Å². The van der Waals surface area contributed by atoms with Gasteiger partial charge in [0.2, 0.25) is 0 Å². The number of hydrogen-bond acceptors (Lipinski definition) is 2. The number of benzene rings is 9. The van der Waals surface area contributed by atoms with Crippen LogP contribution in [0.4, 0.5) is 17.1 Å². The minimum Gasteiger partial charge on any atom is -0.454 e. The Labute approximate surface area is 306 Å². The van der Waals surface area contributed by atoms with Crippen LogP contribution in [0, 0.1) is 0 Å². The molecular weight excluding hydrogens is 643 g/mol. The van der Waals surface area contributed by atoms with E-state index in [4.69, 9.17) is 4.42 Å². The van der Waals surface area contributed by atoms with E-state index in [1.807, 2.05) is 6.07 Å². The van der Waals surface area contributed by atoms with Gasteiger partial charge in [-0.2, -0.15) is 0 Å². The third-order valence-corrected chi connectivity index (χ3v) is 11.8. The largest absolute Gasteiger partial charge is 0.454 e. The Hall–Kier alpha value is -6.90. The molecule has 0 radical (unpaired) electrons. The van der Waals surface area contributed by atoms with Crippen molar-refractivity contribution in [3.8, 4) is 22.3 Å². The van der Waals surface area contributed by atoms with Crippen molar-refractivity contribution >= 4 is 60.5 Å². The molecule has 2 nitrogen and oxygen atoms in total. The van der Waals surface area contributed by atoms with Crippen LogP contribution in [0.15, 0.2) is 192 Å². The van der Waals surface area contributed by atoms with E-state index >= 15 is 0 Å². The molecule has 12 rings (SSSR count). The zero-order chi connectivity index (χ0) is 34.7. The fraction of sp³-hybridized carbons (Fsp3) is 0.0196.